The van der Waals surface area contributed by atoms with Crippen LogP contribution >= 0.6 is 11.3 Å². The van der Waals surface area contributed by atoms with Crippen LogP contribution in [-0.2, 0) is 0 Å². The highest BCUT2D eigenvalue weighted by Gasteiger charge is 2.13. The molecule has 7 nitrogen and oxygen atoms in total. The molecule has 0 aliphatic rings. The minimum Gasteiger partial charge on any atom is -0.462 e. The summed E-state index contributed by atoms with van der Waals surface area (Å²) >= 11 is 1.36. The van der Waals surface area contributed by atoms with Crippen molar-refractivity contribution >= 4 is 22.9 Å². The lowest BCUT2D eigenvalue weighted by atomic mass is 10.2. The van der Waals surface area contributed by atoms with Gasteiger partial charge < -0.3 is 9.73 Å². The molecule has 1 aromatic carbocycles. The van der Waals surface area contributed by atoms with Crippen molar-refractivity contribution in [3.8, 4) is 16.5 Å². The average Bonchev–Trinajstić information content (AvgIpc) is 3.35. The highest BCUT2D eigenvalue weighted by molar-refractivity contribution is 7.13. The Bertz CT molecular complexity index is 943. The summed E-state index contributed by atoms with van der Waals surface area (Å²) in [4.78, 5) is 20.5. The van der Waals surface area contributed by atoms with Crippen LogP contribution in [0.3, 0.4) is 0 Å². The molecule has 0 radical (unpaired) electrons. The highest BCUT2D eigenvalue weighted by Crippen LogP contribution is 2.24. The van der Waals surface area contributed by atoms with Crippen molar-refractivity contribution in [1.82, 2.24) is 19.7 Å². The predicted molar refractivity (Wildman–Crippen MR) is 89.1 cm³/mol. The lowest BCUT2D eigenvalue weighted by Crippen LogP contribution is -2.12. The first-order valence-electron chi connectivity index (χ1n) is 7.05. The Morgan fingerprint density at radius 3 is 2.79 bits per heavy atom. The van der Waals surface area contributed by atoms with Crippen molar-refractivity contribution in [2.45, 2.75) is 0 Å². The molecule has 0 atom stereocenters. The smallest absolute Gasteiger partial charge is 0.275 e. The van der Waals surface area contributed by atoms with Crippen molar-refractivity contribution < 1.29 is 9.21 Å². The molecule has 0 aliphatic heterocycles. The first kappa shape index (κ1) is 14.3. The molecule has 1 N–H and O–H groups in total. The number of anilines is 1. The van der Waals surface area contributed by atoms with E-state index in [4.69, 9.17) is 4.42 Å². The first-order chi connectivity index (χ1) is 11.8. The number of carbonyl (C=O) groups excluding carboxylic acids is 1. The Kier molecular flexibility index (Phi) is 3.64. The van der Waals surface area contributed by atoms with Gasteiger partial charge in [0.2, 0.25) is 0 Å². The molecule has 0 spiro atoms. The van der Waals surface area contributed by atoms with Gasteiger partial charge in [-0.2, -0.15) is 5.10 Å². The van der Waals surface area contributed by atoms with E-state index in [1.54, 1.807) is 40.9 Å². The number of carbonyl (C=O) groups is 1. The molecule has 8 heteroatoms. The highest BCUT2D eigenvalue weighted by atomic mass is 32.1. The summed E-state index contributed by atoms with van der Waals surface area (Å²) in [6, 6.07) is 10.9. The summed E-state index contributed by atoms with van der Waals surface area (Å²) in [6.45, 7) is 0. The van der Waals surface area contributed by atoms with E-state index in [1.807, 2.05) is 18.2 Å². The van der Waals surface area contributed by atoms with Gasteiger partial charge in [0.25, 0.3) is 5.91 Å². The van der Waals surface area contributed by atoms with Crippen molar-refractivity contribution in [1.29, 1.82) is 0 Å². The third-order valence-electron chi connectivity index (χ3n) is 3.28. The maximum absolute atomic E-state index is 12.3. The molecule has 3 heterocycles. The van der Waals surface area contributed by atoms with Gasteiger partial charge in [0, 0.05) is 11.1 Å². The Hall–Kier alpha value is -3.26. The predicted octanol–water partition coefficient (Wildman–Crippen LogP) is 3.24. The molecular weight excluding hydrogens is 326 g/mol. The van der Waals surface area contributed by atoms with Gasteiger partial charge in [-0.1, -0.05) is 0 Å². The molecule has 0 saturated carbocycles. The third kappa shape index (κ3) is 2.82. The number of hydrogen-bond donors (Lipinski definition) is 1. The average molecular weight is 337 g/mol. The molecule has 0 bridgehead atoms. The van der Waals surface area contributed by atoms with E-state index in [2.05, 4.69) is 20.4 Å². The molecule has 0 fully saturated rings. The Morgan fingerprint density at radius 2 is 2.08 bits per heavy atom. The molecule has 0 saturated heterocycles. The van der Waals surface area contributed by atoms with E-state index in [0.29, 0.717) is 22.1 Å². The number of furan rings is 1. The number of rotatable bonds is 4. The molecule has 4 aromatic rings. The van der Waals surface area contributed by atoms with Gasteiger partial charge >= 0.3 is 0 Å². The largest absolute Gasteiger partial charge is 0.462 e. The monoisotopic (exact) mass is 337 g/mol. The zero-order chi connectivity index (χ0) is 16.4. The van der Waals surface area contributed by atoms with Crippen LogP contribution < -0.4 is 5.32 Å². The van der Waals surface area contributed by atoms with E-state index < -0.39 is 0 Å². The van der Waals surface area contributed by atoms with Crippen LogP contribution in [0.2, 0.25) is 0 Å². The molecule has 0 aliphatic carbocycles. The van der Waals surface area contributed by atoms with E-state index in [0.717, 1.165) is 5.69 Å². The van der Waals surface area contributed by atoms with Crippen molar-refractivity contribution in [3.05, 3.63) is 66.4 Å². The van der Waals surface area contributed by atoms with Crippen LogP contribution in [0.5, 0.6) is 0 Å². The SMILES string of the molecule is O=C(Nc1ccc(-n2cncn2)cc1)c1csc(-c2ccco2)n1. The lowest BCUT2D eigenvalue weighted by molar-refractivity contribution is 0.102. The molecule has 3 aromatic heterocycles. The van der Waals surface area contributed by atoms with Crippen LogP contribution in [0.1, 0.15) is 10.5 Å². The molecule has 4 rings (SSSR count). The van der Waals surface area contributed by atoms with Gasteiger partial charge in [-0.05, 0) is 36.4 Å². The number of benzene rings is 1. The second-order valence-electron chi connectivity index (χ2n) is 4.86. The van der Waals surface area contributed by atoms with Crippen LogP contribution in [-0.4, -0.2) is 25.7 Å². The molecular formula is C16H11N5O2S. The number of nitrogens with one attached hydrogen (secondary N) is 1. The van der Waals surface area contributed by atoms with E-state index in [-0.39, 0.29) is 5.91 Å². The zero-order valence-electron chi connectivity index (χ0n) is 12.3. The molecule has 118 valence electrons. The van der Waals surface area contributed by atoms with Crippen LogP contribution in [0.15, 0.2) is 65.1 Å². The number of amides is 1. The summed E-state index contributed by atoms with van der Waals surface area (Å²) in [5.74, 6) is 0.383. The van der Waals surface area contributed by atoms with Gasteiger partial charge in [0.15, 0.2) is 10.8 Å². The summed E-state index contributed by atoms with van der Waals surface area (Å²) in [5, 5.41) is 9.25. The fraction of sp³-hybridized carbons (Fsp3) is 0. The second kappa shape index (κ2) is 6.09. The quantitative estimate of drug-likeness (QED) is 0.618. The zero-order valence-corrected chi connectivity index (χ0v) is 13.1. The van der Waals surface area contributed by atoms with Crippen LogP contribution in [0.25, 0.3) is 16.5 Å². The maximum Gasteiger partial charge on any atom is 0.275 e. The van der Waals surface area contributed by atoms with E-state index >= 15 is 0 Å². The van der Waals surface area contributed by atoms with Crippen molar-refractivity contribution in [2.24, 2.45) is 0 Å². The minimum atomic E-state index is -0.266. The van der Waals surface area contributed by atoms with Gasteiger partial charge in [0.1, 0.15) is 18.3 Å². The lowest BCUT2D eigenvalue weighted by Gasteiger charge is -2.05. The van der Waals surface area contributed by atoms with Gasteiger partial charge in [-0.25, -0.2) is 14.6 Å². The second-order valence-corrected chi connectivity index (χ2v) is 5.71. The van der Waals surface area contributed by atoms with E-state index in [9.17, 15) is 4.79 Å². The minimum absolute atomic E-state index is 0.266. The standard InChI is InChI=1S/C16H11N5O2S/c22-15(13-8-24-16(20-13)14-2-1-7-23-14)19-11-3-5-12(6-4-11)21-10-17-9-18-21/h1-10H,(H,19,22). The molecule has 24 heavy (non-hydrogen) atoms. The first-order valence-corrected chi connectivity index (χ1v) is 7.93. The maximum atomic E-state index is 12.3. The summed E-state index contributed by atoms with van der Waals surface area (Å²) in [5.41, 5.74) is 1.89. The van der Waals surface area contributed by atoms with Crippen LogP contribution in [0, 0.1) is 0 Å². The van der Waals surface area contributed by atoms with Gasteiger partial charge in [-0.3, -0.25) is 4.79 Å². The number of hydrogen-bond acceptors (Lipinski definition) is 6. The number of thiazole rings is 1. The number of aromatic nitrogens is 4. The fourth-order valence-electron chi connectivity index (χ4n) is 2.13. The molecule has 1 amide bonds. The third-order valence-corrected chi connectivity index (χ3v) is 4.13. The van der Waals surface area contributed by atoms with E-state index in [1.165, 1.54) is 17.7 Å². The fourth-order valence-corrected chi connectivity index (χ4v) is 2.89. The Morgan fingerprint density at radius 1 is 1.21 bits per heavy atom. The van der Waals surface area contributed by atoms with Gasteiger partial charge in [-0.15, -0.1) is 11.3 Å². The summed E-state index contributed by atoms with van der Waals surface area (Å²) < 4.78 is 6.92. The van der Waals surface area contributed by atoms with Crippen LogP contribution in [0.4, 0.5) is 5.69 Å². The summed E-state index contributed by atoms with van der Waals surface area (Å²) in [6.07, 6.45) is 4.65. The topological polar surface area (TPSA) is 85.8 Å². The van der Waals surface area contributed by atoms with Gasteiger partial charge in [0.05, 0.1) is 12.0 Å². The molecule has 0 unspecified atom stereocenters. The number of nitrogens with zero attached hydrogens (tertiary/aromatic N) is 4. The Labute approximate surface area is 140 Å². The Balaban J connectivity index is 1.48. The normalized spacial score (nSPS) is 10.7. The van der Waals surface area contributed by atoms with Crippen molar-refractivity contribution in [2.75, 3.05) is 5.32 Å². The van der Waals surface area contributed by atoms with Crippen molar-refractivity contribution in [3.63, 3.8) is 0 Å². The summed E-state index contributed by atoms with van der Waals surface area (Å²) in [7, 11) is 0.